The highest BCUT2D eigenvalue weighted by Gasteiger charge is 2.24. The third-order valence-electron chi connectivity index (χ3n) is 3.06. The summed E-state index contributed by atoms with van der Waals surface area (Å²) < 4.78 is 5.43. The molecule has 0 radical (unpaired) electrons. The quantitative estimate of drug-likeness (QED) is 0.832. The van der Waals surface area contributed by atoms with Crippen LogP contribution in [0.5, 0.6) is 0 Å². The van der Waals surface area contributed by atoms with Gasteiger partial charge in [0.2, 0.25) is 0 Å². The van der Waals surface area contributed by atoms with Crippen LogP contribution < -0.4 is 5.32 Å². The standard InChI is InChI=1S/C15H16ClNO4/c1-8-3-4-12-10(5-8)7-13(21-12)14(18)17-11(15(19)20)6-9(2)16/h3-5,7,9,11H,6H2,1-2H3,(H,17,18)(H,19,20). The van der Waals surface area contributed by atoms with Gasteiger partial charge < -0.3 is 14.8 Å². The lowest BCUT2D eigenvalue weighted by Crippen LogP contribution is -2.41. The van der Waals surface area contributed by atoms with Crippen LogP contribution in [0.4, 0.5) is 0 Å². The van der Waals surface area contributed by atoms with Gasteiger partial charge in [-0.1, -0.05) is 11.6 Å². The van der Waals surface area contributed by atoms with Gasteiger partial charge >= 0.3 is 5.97 Å². The van der Waals surface area contributed by atoms with Gasteiger partial charge in [0, 0.05) is 10.8 Å². The second-order valence-corrected chi connectivity index (χ2v) is 5.78. The summed E-state index contributed by atoms with van der Waals surface area (Å²) in [5, 5.41) is 12.0. The summed E-state index contributed by atoms with van der Waals surface area (Å²) in [7, 11) is 0. The Morgan fingerprint density at radius 3 is 2.71 bits per heavy atom. The van der Waals surface area contributed by atoms with E-state index in [1.54, 1.807) is 19.1 Å². The molecule has 1 aromatic heterocycles. The predicted molar refractivity (Wildman–Crippen MR) is 79.8 cm³/mol. The molecule has 21 heavy (non-hydrogen) atoms. The fourth-order valence-corrected chi connectivity index (χ4v) is 2.23. The van der Waals surface area contributed by atoms with E-state index in [4.69, 9.17) is 21.1 Å². The molecule has 0 aliphatic heterocycles. The molecule has 5 nitrogen and oxygen atoms in total. The minimum absolute atomic E-state index is 0.0871. The van der Waals surface area contributed by atoms with Crippen molar-refractivity contribution in [2.24, 2.45) is 0 Å². The predicted octanol–water partition coefficient (Wildman–Crippen LogP) is 2.94. The van der Waals surface area contributed by atoms with Gasteiger partial charge in [0.05, 0.1) is 0 Å². The number of carbonyl (C=O) groups excluding carboxylic acids is 1. The number of benzene rings is 1. The largest absolute Gasteiger partial charge is 0.480 e. The number of rotatable bonds is 5. The van der Waals surface area contributed by atoms with Crippen molar-refractivity contribution in [3.63, 3.8) is 0 Å². The van der Waals surface area contributed by atoms with E-state index in [0.717, 1.165) is 10.9 Å². The van der Waals surface area contributed by atoms with E-state index in [9.17, 15) is 9.59 Å². The molecule has 2 rings (SSSR count). The third kappa shape index (κ3) is 3.76. The van der Waals surface area contributed by atoms with Crippen LogP contribution >= 0.6 is 11.6 Å². The number of hydrogen-bond donors (Lipinski definition) is 2. The summed E-state index contributed by atoms with van der Waals surface area (Å²) in [5.41, 5.74) is 1.64. The Bertz CT molecular complexity index is 677. The van der Waals surface area contributed by atoms with Crippen LogP contribution in [0.1, 0.15) is 29.5 Å². The van der Waals surface area contributed by atoms with E-state index < -0.39 is 17.9 Å². The maximum absolute atomic E-state index is 12.1. The smallest absolute Gasteiger partial charge is 0.326 e. The Balaban J connectivity index is 2.19. The van der Waals surface area contributed by atoms with E-state index in [2.05, 4.69) is 5.32 Å². The molecule has 0 saturated carbocycles. The Hall–Kier alpha value is -2.01. The van der Waals surface area contributed by atoms with Gasteiger partial charge in [0.15, 0.2) is 5.76 Å². The first-order chi connectivity index (χ1) is 9.86. The lowest BCUT2D eigenvalue weighted by molar-refractivity contribution is -0.139. The van der Waals surface area contributed by atoms with Crippen molar-refractivity contribution in [1.82, 2.24) is 5.32 Å². The van der Waals surface area contributed by atoms with Crippen LogP contribution in [0.3, 0.4) is 0 Å². The molecule has 0 bridgehead atoms. The molecule has 1 heterocycles. The highest BCUT2D eigenvalue weighted by atomic mass is 35.5. The average molecular weight is 310 g/mol. The van der Waals surface area contributed by atoms with E-state index in [0.29, 0.717) is 5.58 Å². The molecule has 1 amide bonds. The normalized spacial score (nSPS) is 13.9. The Morgan fingerprint density at radius 1 is 1.38 bits per heavy atom. The molecular weight excluding hydrogens is 294 g/mol. The van der Waals surface area contributed by atoms with E-state index >= 15 is 0 Å². The Morgan fingerprint density at radius 2 is 2.10 bits per heavy atom. The lowest BCUT2D eigenvalue weighted by atomic mass is 10.1. The van der Waals surface area contributed by atoms with Gasteiger partial charge in [-0.05, 0) is 38.5 Å². The second kappa shape index (κ2) is 6.18. The zero-order valence-corrected chi connectivity index (χ0v) is 12.5. The third-order valence-corrected chi connectivity index (χ3v) is 3.24. The molecule has 2 atom stereocenters. The molecule has 2 N–H and O–H groups in total. The number of carboxylic acid groups (broad SMARTS) is 1. The number of nitrogens with one attached hydrogen (secondary N) is 1. The summed E-state index contributed by atoms with van der Waals surface area (Å²) >= 11 is 5.79. The molecule has 0 spiro atoms. The molecule has 1 aromatic carbocycles. The van der Waals surface area contributed by atoms with Gasteiger partial charge in [-0.3, -0.25) is 4.79 Å². The number of aryl methyl sites for hydroxylation is 1. The number of amides is 1. The molecule has 112 valence electrons. The Kier molecular flexibility index (Phi) is 4.53. The van der Waals surface area contributed by atoms with Crippen molar-refractivity contribution >= 4 is 34.4 Å². The van der Waals surface area contributed by atoms with Crippen LogP contribution in [0, 0.1) is 6.92 Å². The van der Waals surface area contributed by atoms with Crippen molar-refractivity contribution in [3.05, 3.63) is 35.6 Å². The molecule has 2 aromatic rings. The Labute approximate surface area is 126 Å². The minimum atomic E-state index is -1.12. The topological polar surface area (TPSA) is 79.5 Å². The summed E-state index contributed by atoms with van der Waals surface area (Å²) in [6.45, 7) is 3.61. The molecule has 0 fully saturated rings. The van der Waals surface area contributed by atoms with Crippen LogP contribution in [-0.2, 0) is 4.79 Å². The first-order valence-electron chi connectivity index (χ1n) is 6.54. The lowest BCUT2D eigenvalue weighted by Gasteiger charge is -2.14. The first-order valence-corrected chi connectivity index (χ1v) is 6.98. The van der Waals surface area contributed by atoms with Crippen molar-refractivity contribution in [2.45, 2.75) is 31.7 Å². The number of carbonyl (C=O) groups is 2. The zero-order chi connectivity index (χ0) is 15.6. The van der Waals surface area contributed by atoms with Gasteiger partial charge in [-0.2, -0.15) is 0 Å². The van der Waals surface area contributed by atoms with Crippen molar-refractivity contribution in [3.8, 4) is 0 Å². The minimum Gasteiger partial charge on any atom is -0.480 e. The molecular formula is C15H16ClNO4. The van der Waals surface area contributed by atoms with Crippen LogP contribution in [0.15, 0.2) is 28.7 Å². The summed E-state index contributed by atoms with van der Waals surface area (Å²) in [6, 6.07) is 6.10. The van der Waals surface area contributed by atoms with Gasteiger partial charge in [-0.25, -0.2) is 4.79 Å². The van der Waals surface area contributed by atoms with Gasteiger partial charge in [0.25, 0.3) is 5.91 Å². The van der Waals surface area contributed by atoms with Gasteiger partial charge in [-0.15, -0.1) is 11.6 Å². The van der Waals surface area contributed by atoms with Crippen molar-refractivity contribution < 1.29 is 19.1 Å². The number of aliphatic carboxylic acids is 1. The number of fused-ring (bicyclic) bond motifs is 1. The molecule has 2 unspecified atom stereocenters. The highest BCUT2D eigenvalue weighted by Crippen LogP contribution is 2.20. The number of alkyl halides is 1. The highest BCUT2D eigenvalue weighted by molar-refractivity contribution is 6.20. The van der Waals surface area contributed by atoms with Crippen molar-refractivity contribution in [2.75, 3.05) is 0 Å². The van der Waals surface area contributed by atoms with Crippen LogP contribution in [0.25, 0.3) is 11.0 Å². The SMILES string of the molecule is Cc1ccc2oc(C(=O)NC(CC(C)Cl)C(=O)O)cc2c1. The number of furan rings is 1. The van der Waals surface area contributed by atoms with Crippen LogP contribution in [-0.4, -0.2) is 28.4 Å². The van der Waals surface area contributed by atoms with E-state index in [1.807, 2.05) is 19.1 Å². The summed E-state index contributed by atoms with van der Waals surface area (Å²) in [5.74, 6) is -1.60. The fraction of sp³-hybridized carbons (Fsp3) is 0.333. The zero-order valence-electron chi connectivity index (χ0n) is 11.7. The van der Waals surface area contributed by atoms with Crippen LogP contribution in [0.2, 0.25) is 0 Å². The van der Waals surface area contributed by atoms with Crippen molar-refractivity contribution in [1.29, 1.82) is 0 Å². The molecule has 0 aliphatic carbocycles. The molecule has 0 aliphatic rings. The van der Waals surface area contributed by atoms with Gasteiger partial charge in [0.1, 0.15) is 11.6 Å². The van der Waals surface area contributed by atoms with E-state index in [1.165, 1.54) is 0 Å². The maximum atomic E-state index is 12.1. The number of hydrogen-bond acceptors (Lipinski definition) is 3. The first kappa shape index (κ1) is 15.4. The molecule has 0 saturated heterocycles. The molecule has 6 heteroatoms. The summed E-state index contributed by atoms with van der Waals surface area (Å²) in [6.07, 6.45) is 0.141. The fourth-order valence-electron chi connectivity index (χ4n) is 2.05. The summed E-state index contributed by atoms with van der Waals surface area (Å²) in [4.78, 5) is 23.2. The second-order valence-electron chi connectivity index (χ2n) is 5.03. The monoisotopic (exact) mass is 309 g/mol. The number of carboxylic acids is 1. The van der Waals surface area contributed by atoms with E-state index in [-0.39, 0.29) is 17.6 Å². The average Bonchev–Trinajstić information content (AvgIpc) is 2.80. The number of halogens is 1. The maximum Gasteiger partial charge on any atom is 0.326 e.